The molecule has 2 N–H and O–H groups in total. The third-order valence-corrected chi connectivity index (χ3v) is 3.59. The van der Waals surface area contributed by atoms with Crippen LogP contribution in [0, 0.1) is 11.6 Å². The van der Waals surface area contributed by atoms with Crippen molar-refractivity contribution >= 4 is 11.6 Å². The van der Waals surface area contributed by atoms with E-state index in [1.807, 2.05) is 6.92 Å². The minimum absolute atomic E-state index is 0.0571. The van der Waals surface area contributed by atoms with Gasteiger partial charge in [-0.1, -0.05) is 18.5 Å². The van der Waals surface area contributed by atoms with Gasteiger partial charge in [-0.3, -0.25) is 4.68 Å². The first-order valence-corrected chi connectivity index (χ1v) is 6.86. The number of benzene rings is 1. The van der Waals surface area contributed by atoms with E-state index in [1.54, 1.807) is 11.7 Å². The number of hydrogen-bond donors (Lipinski definition) is 1. The quantitative estimate of drug-likeness (QED) is 0.923. The molecule has 0 saturated heterocycles. The highest BCUT2D eigenvalue weighted by Gasteiger charge is 2.17. The van der Waals surface area contributed by atoms with Gasteiger partial charge in [0.1, 0.15) is 6.61 Å². The zero-order valence-electron chi connectivity index (χ0n) is 11.8. The molecule has 114 valence electrons. The Morgan fingerprint density at radius 2 is 1.95 bits per heavy atom. The average Bonchev–Trinajstić information content (AvgIpc) is 2.72. The highest BCUT2D eigenvalue weighted by Crippen LogP contribution is 2.26. The van der Waals surface area contributed by atoms with Crippen molar-refractivity contribution < 1.29 is 13.5 Å². The number of nitrogens with zero attached hydrogens (tertiary/aromatic N) is 2. The molecule has 0 radical (unpaired) electrons. The zero-order chi connectivity index (χ0) is 15.6. The molecule has 0 amide bonds. The predicted molar refractivity (Wildman–Crippen MR) is 76.2 cm³/mol. The lowest BCUT2D eigenvalue weighted by atomic mass is 10.2. The molecule has 0 atom stereocenters. The van der Waals surface area contributed by atoms with E-state index in [9.17, 15) is 8.78 Å². The Bertz CT molecular complexity index is 635. The van der Waals surface area contributed by atoms with Gasteiger partial charge in [0.25, 0.3) is 0 Å². The highest BCUT2D eigenvalue weighted by molar-refractivity contribution is 6.31. The zero-order valence-corrected chi connectivity index (χ0v) is 12.5. The van der Waals surface area contributed by atoms with E-state index >= 15 is 0 Å². The molecule has 0 saturated carbocycles. The monoisotopic (exact) mass is 315 g/mol. The van der Waals surface area contributed by atoms with E-state index in [1.165, 1.54) is 0 Å². The lowest BCUT2D eigenvalue weighted by molar-refractivity contribution is 0.265. The van der Waals surface area contributed by atoms with Crippen molar-refractivity contribution in [2.24, 2.45) is 12.8 Å². The molecular weight excluding hydrogens is 300 g/mol. The summed E-state index contributed by atoms with van der Waals surface area (Å²) in [6.07, 6.45) is 0.667. The van der Waals surface area contributed by atoms with Crippen molar-refractivity contribution in [1.29, 1.82) is 0 Å². The van der Waals surface area contributed by atoms with Gasteiger partial charge in [0.2, 0.25) is 0 Å². The summed E-state index contributed by atoms with van der Waals surface area (Å²) in [6, 6.07) is 2.31. The van der Waals surface area contributed by atoms with Crippen LogP contribution in [0.4, 0.5) is 8.78 Å². The SMILES string of the molecule is CCc1nn(C)c(COc2c(F)cc(CN)cc2F)c1Cl. The number of aromatic nitrogens is 2. The number of aryl methyl sites for hydroxylation is 2. The van der Waals surface area contributed by atoms with Gasteiger partial charge in [0.15, 0.2) is 17.4 Å². The second-order valence-corrected chi connectivity index (χ2v) is 4.94. The number of hydrogen-bond acceptors (Lipinski definition) is 3. The summed E-state index contributed by atoms with van der Waals surface area (Å²) in [4.78, 5) is 0. The van der Waals surface area contributed by atoms with Crippen LogP contribution in [0.1, 0.15) is 23.9 Å². The second kappa shape index (κ2) is 6.41. The van der Waals surface area contributed by atoms with Gasteiger partial charge in [-0.15, -0.1) is 0 Å². The summed E-state index contributed by atoms with van der Waals surface area (Å²) in [6.45, 7) is 1.91. The van der Waals surface area contributed by atoms with Crippen molar-refractivity contribution in [2.75, 3.05) is 0 Å². The molecule has 2 aromatic rings. The second-order valence-electron chi connectivity index (χ2n) is 4.57. The molecule has 21 heavy (non-hydrogen) atoms. The Labute approximate surface area is 126 Å². The van der Waals surface area contributed by atoms with Crippen LogP contribution in [-0.2, 0) is 26.6 Å². The van der Waals surface area contributed by atoms with E-state index in [0.717, 1.165) is 17.8 Å². The molecule has 0 aliphatic carbocycles. The Balaban J connectivity index is 2.23. The van der Waals surface area contributed by atoms with Crippen molar-refractivity contribution in [3.8, 4) is 5.75 Å². The number of nitrogens with two attached hydrogens (primary N) is 1. The number of halogens is 3. The standard InChI is InChI=1S/C14H16ClF2N3O/c1-3-11-13(15)12(20(2)19-11)7-21-14-9(16)4-8(6-18)5-10(14)17/h4-5H,3,6-7,18H2,1-2H3. The molecule has 1 aromatic heterocycles. The van der Waals surface area contributed by atoms with Gasteiger partial charge in [-0.2, -0.15) is 5.10 Å². The van der Waals surface area contributed by atoms with Gasteiger partial charge >= 0.3 is 0 Å². The van der Waals surface area contributed by atoms with Crippen LogP contribution < -0.4 is 10.5 Å². The van der Waals surface area contributed by atoms with E-state index < -0.39 is 17.4 Å². The van der Waals surface area contributed by atoms with Crippen LogP contribution in [0.5, 0.6) is 5.75 Å². The molecule has 2 rings (SSSR count). The first-order chi connectivity index (χ1) is 9.97. The van der Waals surface area contributed by atoms with Gasteiger partial charge in [-0.25, -0.2) is 8.78 Å². The molecule has 1 aromatic carbocycles. The summed E-state index contributed by atoms with van der Waals surface area (Å²) >= 11 is 6.16. The first kappa shape index (κ1) is 15.7. The van der Waals surface area contributed by atoms with Crippen LogP contribution >= 0.6 is 11.6 Å². The van der Waals surface area contributed by atoms with Gasteiger partial charge in [0, 0.05) is 13.6 Å². The lowest BCUT2D eigenvalue weighted by Crippen LogP contribution is -2.07. The fourth-order valence-electron chi connectivity index (χ4n) is 1.99. The summed E-state index contributed by atoms with van der Waals surface area (Å²) in [5.74, 6) is -2.02. The Morgan fingerprint density at radius 3 is 2.43 bits per heavy atom. The molecule has 0 spiro atoms. The van der Waals surface area contributed by atoms with Crippen LogP contribution in [-0.4, -0.2) is 9.78 Å². The van der Waals surface area contributed by atoms with Gasteiger partial charge in [-0.05, 0) is 24.1 Å². The third-order valence-electron chi connectivity index (χ3n) is 3.15. The summed E-state index contributed by atoms with van der Waals surface area (Å²) < 4.78 is 34.4. The van der Waals surface area contributed by atoms with Gasteiger partial charge < -0.3 is 10.5 Å². The molecule has 0 bridgehead atoms. The third kappa shape index (κ3) is 3.16. The lowest BCUT2D eigenvalue weighted by Gasteiger charge is -2.10. The maximum atomic E-state index is 13.8. The topological polar surface area (TPSA) is 53.1 Å². The molecule has 0 unspecified atom stereocenters. The predicted octanol–water partition coefficient (Wildman–Crippen LogP) is 2.95. The van der Waals surface area contributed by atoms with Crippen LogP contribution in [0.15, 0.2) is 12.1 Å². The average molecular weight is 316 g/mol. The largest absolute Gasteiger partial charge is 0.481 e. The fourth-order valence-corrected chi connectivity index (χ4v) is 2.33. The Kier molecular flexibility index (Phi) is 4.80. The smallest absolute Gasteiger partial charge is 0.191 e. The maximum Gasteiger partial charge on any atom is 0.191 e. The molecule has 0 aliphatic heterocycles. The normalized spacial score (nSPS) is 11.0. The molecule has 1 heterocycles. The Hall–Kier alpha value is -1.66. The molecule has 0 aliphatic rings. The van der Waals surface area contributed by atoms with Crippen molar-refractivity contribution in [3.63, 3.8) is 0 Å². The highest BCUT2D eigenvalue weighted by atomic mass is 35.5. The van der Waals surface area contributed by atoms with E-state index in [-0.39, 0.29) is 13.2 Å². The van der Waals surface area contributed by atoms with E-state index in [0.29, 0.717) is 22.7 Å². The summed E-state index contributed by atoms with van der Waals surface area (Å²) in [5.41, 5.74) is 7.01. The minimum atomic E-state index is -0.788. The van der Waals surface area contributed by atoms with Crippen molar-refractivity contribution in [1.82, 2.24) is 9.78 Å². The first-order valence-electron chi connectivity index (χ1n) is 6.48. The van der Waals surface area contributed by atoms with Crippen LogP contribution in [0.25, 0.3) is 0 Å². The molecule has 0 fully saturated rings. The molecule has 4 nitrogen and oxygen atoms in total. The minimum Gasteiger partial charge on any atom is -0.481 e. The number of rotatable bonds is 5. The van der Waals surface area contributed by atoms with Gasteiger partial charge in [0.05, 0.1) is 16.4 Å². The number of ether oxygens (including phenoxy) is 1. The van der Waals surface area contributed by atoms with E-state index in [2.05, 4.69) is 5.10 Å². The summed E-state index contributed by atoms with van der Waals surface area (Å²) in [5, 5.41) is 4.67. The van der Waals surface area contributed by atoms with Crippen LogP contribution in [0.3, 0.4) is 0 Å². The van der Waals surface area contributed by atoms with Crippen LogP contribution in [0.2, 0.25) is 5.02 Å². The maximum absolute atomic E-state index is 13.8. The fraction of sp³-hybridized carbons (Fsp3) is 0.357. The van der Waals surface area contributed by atoms with E-state index in [4.69, 9.17) is 22.1 Å². The molecule has 7 heteroatoms. The summed E-state index contributed by atoms with van der Waals surface area (Å²) in [7, 11) is 1.70. The van der Waals surface area contributed by atoms with Crippen molar-refractivity contribution in [3.05, 3.63) is 45.7 Å². The Morgan fingerprint density at radius 1 is 1.33 bits per heavy atom. The molecular formula is C14H16ClF2N3O. The van der Waals surface area contributed by atoms with Crippen molar-refractivity contribution in [2.45, 2.75) is 26.5 Å².